The van der Waals surface area contributed by atoms with E-state index in [0.717, 1.165) is 28.2 Å². The van der Waals surface area contributed by atoms with E-state index in [1.54, 1.807) is 29.2 Å². The number of sulfonamides is 1. The van der Waals surface area contributed by atoms with Crippen molar-refractivity contribution in [3.8, 4) is 6.07 Å². The molecule has 0 aromatic heterocycles. The van der Waals surface area contributed by atoms with Crippen LogP contribution in [0.25, 0.3) is 0 Å². The van der Waals surface area contributed by atoms with Crippen molar-refractivity contribution < 1.29 is 13.2 Å². The fourth-order valence-electron chi connectivity index (χ4n) is 3.51. The highest BCUT2D eigenvalue weighted by Gasteiger charge is 2.31. The summed E-state index contributed by atoms with van der Waals surface area (Å²) < 4.78 is 25.7. The van der Waals surface area contributed by atoms with Crippen LogP contribution in [0.2, 0.25) is 0 Å². The van der Waals surface area contributed by atoms with Gasteiger partial charge in [-0.3, -0.25) is 9.10 Å². The Morgan fingerprint density at radius 3 is 2.59 bits per heavy atom. The fraction of sp³-hybridized carbons (Fsp3) is 0.300. The van der Waals surface area contributed by atoms with E-state index >= 15 is 0 Å². The second-order valence-electron chi connectivity index (χ2n) is 6.66. The third-order valence-corrected chi connectivity index (χ3v) is 5.88. The Balaban J connectivity index is 1.83. The van der Waals surface area contributed by atoms with Gasteiger partial charge in [-0.2, -0.15) is 5.26 Å². The molecule has 0 N–H and O–H groups in total. The summed E-state index contributed by atoms with van der Waals surface area (Å²) in [6.07, 6.45) is 1.90. The van der Waals surface area contributed by atoms with Crippen molar-refractivity contribution in [1.82, 2.24) is 0 Å². The number of amides is 1. The first-order valence-corrected chi connectivity index (χ1v) is 10.5. The Kier molecular flexibility index (Phi) is 5.19. The maximum absolute atomic E-state index is 12.9. The van der Waals surface area contributed by atoms with Crippen molar-refractivity contribution in [1.29, 1.82) is 5.26 Å². The van der Waals surface area contributed by atoms with Gasteiger partial charge in [-0.1, -0.05) is 30.3 Å². The molecular formula is C20H21N3O3S. The van der Waals surface area contributed by atoms with Crippen LogP contribution in [0, 0.1) is 11.3 Å². The van der Waals surface area contributed by atoms with Crippen LogP contribution in [0.5, 0.6) is 0 Å². The van der Waals surface area contributed by atoms with Crippen LogP contribution in [-0.2, 0) is 21.2 Å². The minimum Gasteiger partial charge on any atom is -0.309 e. The molecule has 0 spiro atoms. The van der Waals surface area contributed by atoms with Gasteiger partial charge in [-0.25, -0.2) is 8.42 Å². The van der Waals surface area contributed by atoms with Gasteiger partial charge in [0.05, 0.1) is 17.5 Å². The lowest BCUT2D eigenvalue weighted by Crippen LogP contribution is -2.39. The Labute approximate surface area is 159 Å². The van der Waals surface area contributed by atoms with E-state index in [2.05, 4.69) is 0 Å². The van der Waals surface area contributed by atoms with Gasteiger partial charge in [0.2, 0.25) is 15.9 Å². The Bertz CT molecular complexity index is 1010. The summed E-state index contributed by atoms with van der Waals surface area (Å²) in [6.45, 7) is 1.97. The zero-order valence-electron chi connectivity index (χ0n) is 15.3. The van der Waals surface area contributed by atoms with E-state index in [4.69, 9.17) is 0 Å². The van der Waals surface area contributed by atoms with Gasteiger partial charge < -0.3 is 4.90 Å². The SMILES string of the molecule is CC1Cc2ccccc2N1C(=O)CCN(c1ccccc1C#N)S(C)(=O)=O. The molecule has 1 heterocycles. The number of nitriles is 1. The molecule has 0 saturated heterocycles. The molecule has 0 radical (unpaired) electrons. The lowest BCUT2D eigenvalue weighted by molar-refractivity contribution is -0.118. The highest BCUT2D eigenvalue weighted by Crippen LogP contribution is 2.32. The molecule has 1 aliphatic heterocycles. The zero-order chi connectivity index (χ0) is 19.6. The van der Waals surface area contributed by atoms with E-state index in [1.807, 2.05) is 37.3 Å². The molecule has 0 fully saturated rings. The summed E-state index contributed by atoms with van der Waals surface area (Å²) >= 11 is 0. The summed E-state index contributed by atoms with van der Waals surface area (Å²) in [5.74, 6) is -0.129. The van der Waals surface area contributed by atoms with Crippen LogP contribution in [-0.4, -0.2) is 33.2 Å². The molecule has 0 bridgehead atoms. The number of hydrogen-bond donors (Lipinski definition) is 0. The number of fused-ring (bicyclic) bond motifs is 1. The molecular weight excluding hydrogens is 362 g/mol. The van der Waals surface area contributed by atoms with Crippen molar-refractivity contribution in [2.75, 3.05) is 22.0 Å². The van der Waals surface area contributed by atoms with Gasteiger partial charge in [-0.15, -0.1) is 0 Å². The standard InChI is InChI=1S/C20H21N3O3S/c1-15-13-16-7-3-6-10-19(16)23(15)20(24)11-12-22(27(2,25)26)18-9-5-4-8-17(18)14-21/h3-10,15H,11-13H2,1-2H3. The number of carbonyl (C=O) groups is 1. The molecule has 6 nitrogen and oxygen atoms in total. The first kappa shape index (κ1) is 18.9. The second-order valence-corrected chi connectivity index (χ2v) is 8.57. The molecule has 2 aromatic rings. The normalized spacial score (nSPS) is 15.9. The average Bonchev–Trinajstić information content (AvgIpc) is 2.96. The first-order chi connectivity index (χ1) is 12.8. The van der Waals surface area contributed by atoms with Crippen molar-refractivity contribution in [2.24, 2.45) is 0 Å². The highest BCUT2D eigenvalue weighted by atomic mass is 32.2. The topological polar surface area (TPSA) is 81.5 Å². The highest BCUT2D eigenvalue weighted by molar-refractivity contribution is 7.92. The molecule has 1 atom stereocenters. The van der Waals surface area contributed by atoms with E-state index in [1.165, 1.54) is 0 Å². The summed E-state index contributed by atoms with van der Waals surface area (Å²) in [6, 6.07) is 16.3. The number of carbonyl (C=O) groups excluding carboxylic acids is 1. The van der Waals surface area contributed by atoms with Crippen molar-refractivity contribution in [3.05, 3.63) is 59.7 Å². The molecule has 1 unspecified atom stereocenters. The van der Waals surface area contributed by atoms with Gasteiger partial charge in [0.1, 0.15) is 6.07 Å². The fourth-order valence-corrected chi connectivity index (χ4v) is 4.45. The average molecular weight is 383 g/mol. The largest absolute Gasteiger partial charge is 0.309 e. The molecule has 2 aromatic carbocycles. The smallest absolute Gasteiger partial charge is 0.232 e. The number of nitrogens with zero attached hydrogens (tertiary/aromatic N) is 3. The van der Waals surface area contributed by atoms with Crippen LogP contribution >= 0.6 is 0 Å². The molecule has 0 aliphatic carbocycles. The third-order valence-electron chi connectivity index (χ3n) is 4.70. The number of rotatable bonds is 5. The molecule has 3 rings (SSSR count). The molecule has 27 heavy (non-hydrogen) atoms. The van der Waals surface area contributed by atoms with Gasteiger partial charge in [0, 0.05) is 24.7 Å². The minimum absolute atomic E-state index is 0.0122. The van der Waals surface area contributed by atoms with E-state index in [9.17, 15) is 18.5 Å². The summed E-state index contributed by atoms with van der Waals surface area (Å²) in [7, 11) is -3.63. The molecule has 0 saturated carbocycles. The zero-order valence-corrected chi connectivity index (χ0v) is 16.1. The molecule has 140 valence electrons. The number of hydrogen-bond acceptors (Lipinski definition) is 4. The third kappa shape index (κ3) is 3.81. The summed E-state index contributed by atoms with van der Waals surface area (Å²) in [4.78, 5) is 14.6. The lowest BCUT2D eigenvalue weighted by Gasteiger charge is -2.26. The monoisotopic (exact) mass is 383 g/mol. The Morgan fingerprint density at radius 2 is 1.89 bits per heavy atom. The Hall–Kier alpha value is -2.85. The van der Waals surface area contributed by atoms with Gasteiger partial charge >= 0.3 is 0 Å². The van der Waals surface area contributed by atoms with Crippen LogP contribution < -0.4 is 9.21 Å². The molecule has 1 amide bonds. The van der Waals surface area contributed by atoms with Crippen molar-refractivity contribution >= 4 is 27.3 Å². The second kappa shape index (κ2) is 7.41. The van der Waals surface area contributed by atoms with E-state index in [-0.39, 0.29) is 30.5 Å². The van der Waals surface area contributed by atoms with Gasteiger partial charge in [-0.05, 0) is 37.1 Å². The number of para-hydroxylation sites is 2. The first-order valence-electron chi connectivity index (χ1n) is 8.69. The molecule has 1 aliphatic rings. The summed E-state index contributed by atoms with van der Waals surface area (Å²) in [5.41, 5.74) is 2.56. The number of benzene rings is 2. The van der Waals surface area contributed by atoms with Crippen LogP contribution in [0.1, 0.15) is 24.5 Å². The quantitative estimate of drug-likeness (QED) is 0.795. The van der Waals surface area contributed by atoms with E-state index < -0.39 is 10.0 Å². The van der Waals surface area contributed by atoms with Crippen molar-refractivity contribution in [2.45, 2.75) is 25.8 Å². The van der Waals surface area contributed by atoms with Gasteiger partial charge in [0.25, 0.3) is 0 Å². The van der Waals surface area contributed by atoms with E-state index in [0.29, 0.717) is 5.69 Å². The van der Waals surface area contributed by atoms with Crippen LogP contribution in [0.4, 0.5) is 11.4 Å². The van der Waals surface area contributed by atoms with Crippen LogP contribution in [0.15, 0.2) is 48.5 Å². The predicted octanol–water partition coefficient (Wildman–Crippen LogP) is 2.69. The summed E-state index contributed by atoms with van der Waals surface area (Å²) in [5, 5.41) is 9.28. The van der Waals surface area contributed by atoms with Gasteiger partial charge in [0.15, 0.2) is 0 Å². The minimum atomic E-state index is -3.63. The maximum Gasteiger partial charge on any atom is 0.232 e. The lowest BCUT2D eigenvalue weighted by atomic mass is 10.1. The molecule has 7 heteroatoms. The van der Waals surface area contributed by atoms with Crippen LogP contribution in [0.3, 0.4) is 0 Å². The maximum atomic E-state index is 12.9. The number of anilines is 2. The van der Waals surface area contributed by atoms with Crippen molar-refractivity contribution in [3.63, 3.8) is 0 Å². The predicted molar refractivity (Wildman–Crippen MR) is 105 cm³/mol. The Morgan fingerprint density at radius 1 is 1.22 bits per heavy atom.